The van der Waals surface area contributed by atoms with Crippen molar-refractivity contribution in [1.29, 1.82) is 0 Å². The van der Waals surface area contributed by atoms with E-state index in [0.29, 0.717) is 11.5 Å². The predicted octanol–water partition coefficient (Wildman–Crippen LogP) is 1.06. The van der Waals surface area contributed by atoms with Crippen LogP contribution >= 0.6 is 0 Å². The standard InChI is InChI=1S/C11H21N5/c1-11(2,7-16(3)4)6-14-10-9(12)5-13-8-15-10/h5,8H,6-7,12H2,1-4H3,(H,13,14,15). The van der Waals surface area contributed by atoms with Gasteiger partial charge in [-0.05, 0) is 19.5 Å². The second-order valence-electron chi connectivity index (χ2n) is 5.08. The maximum absolute atomic E-state index is 5.75. The number of nitrogen functional groups attached to an aromatic ring is 1. The number of hydrogen-bond acceptors (Lipinski definition) is 5. The first-order chi connectivity index (χ1) is 7.41. The number of hydrogen-bond donors (Lipinski definition) is 2. The smallest absolute Gasteiger partial charge is 0.152 e. The van der Waals surface area contributed by atoms with E-state index in [1.54, 1.807) is 6.20 Å². The van der Waals surface area contributed by atoms with Crippen LogP contribution in [0.5, 0.6) is 0 Å². The zero-order valence-electron chi connectivity index (χ0n) is 10.5. The van der Waals surface area contributed by atoms with E-state index in [1.807, 2.05) is 0 Å². The lowest BCUT2D eigenvalue weighted by Gasteiger charge is -2.28. The zero-order chi connectivity index (χ0) is 12.2. The summed E-state index contributed by atoms with van der Waals surface area (Å²) in [4.78, 5) is 10.1. The molecule has 5 nitrogen and oxygen atoms in total. The van der Waals surface area contributed by atoms with Gasteiger partial charge in [-0.3, -0.25) is 0 Å². The molecule has 1 heterocycles. The highest BCUT2D eigenvalue weighted by molar-refractivity contribution is 5.58. The molecule has 0 aliphatic carbocycles. The molecule has 0 saturated carbocycles. The van der Waals surface area contributed by atoms with Gasteiger partial charge in [-0.2, -0.15) is 0 Å². The number of aromatic nitrogens is 2. The molecule has 1 aromatic rings. The average Bonchev–Trinajstić information content (AvgIpc) is 2.14. The molecule has 0 aliphatic heterocycles. The summed E-state index contributed by atoms with van der Waals surface area (Å²) >= 11 is 0. The van der Waals surface area contributed by atoms with Crippen molar-refractivity contribution < 1.29 is 0 Å². The third kappa shape index (κ3) is 4.02. The van der Waals surface area contributed by atoms with Gasteiger partial charge in [-0.25, -0.2) is 9.97 Å². The number of rotatable bonds is 5. The number of nitrogens with one attached hydrogen (secondary N) is 1. The molecule has 1 rings (SSSR count). The highest BCUT2D eigenvalue weighted by Crippen LogP contribution is 2.19. The van der Waals surface area contributed by atoms with E-state index < -0.39 is 0 Å². The molecule has 0 spiro atoms. The molecule has 0 amide bonds. The van der Waals surface area contributed by atoms with Gasteiger partial charge in [-0.1, -0.05) is 13.8 Å². The number of nitrogens with zero attached hydrogens (tertiary/aromatic N) is 3. The summed E-state index contributed by atoms with van der Waals surface area (Å²) in [5, 5.41) is 3.26. The van der Waals surface area contributed by atoms with Gasteiger partial charge < -0.3 is 16.0 Å². The van der Waals surface area contributed by atoms with Gasteiger partial charge in [0.1, 0.15) is 6.33 Å². The molecular weight excluding hydrogens is 202 g/mol. The molecule has 5 heteroatoms. The lowest BCUT2D eigenvalue weighted by Crippen LogP contribution is -2.34. The highest BCUT2D eigenvalue weighted by Gasteiger charge is 2.19. The zero-order valence-corrected chi connectivity index (χ0v) is 10.5. The minimum absolute atomic E-state index is 0.168. The van der Waals surface area contributed by atoms with Crippen LogP contribution in [0.15, 0.2) is 12.5 Å². The van der Waals surface area contributed by atoms with Crippen molar-refractivity contribution in [1.82, 2.24) is 14.9 Å². The van der Waals surface area contributed by atoms with Crippen LogP contribution in [0.1, 0.15) is 13.8 Å². The fraction of sp³-hybridized carbons (Fsp3) is 0.636. The van der Waals surface area contributed by atoms with Crippen LogP contribution in [0.25, 0.3) is 0 Å². The third-order valence-corrected chi connectivity index (χ3v) is 2.22. The van der Waals surface area contributed by atoms with Crippen molar-refractivity contribution >= 4 is 11.5 Å². The molecule has 90 valence electrons. The normalized spacial score (nSPS) is 11.8. The molecule has 0 unspecified atom stereocenters. The Hall–Kier alpha value is -1.36. The maximum atomic E-state index is 5.75. The molecule has 0 saturated heterocycles. The molecule has 3 N–H and O–H groups in total. The van der Waals surface area contributed by atoms with Gasteiger partial charge in [0.2, 0.25) is 0 Å². The van der Waals surface area contributed by atoms with Crippen molar-refractivity contribution in [2.75, 3.05) is 38.2 Å². The van der Waals surface area contributed by atoms with Crippen molar-refractivity contribution in [3.05, 3.63) is 12.5 Å². The molecule has 0 aromatic carbocycles. The van der Waals surface area contributed by atoms with Crippen molar-refractivity contribution in [3.63, 3.8) is 0 Å². The Morgan fingerprint density at radius 3 is 2.69 bits per heavy atom. The minimum Gasteiger partial charge on any atom is -0.394 e. The maximum Gasteiger partial charge on any atom is 0.152 e. The summed E-state index contributed by atoms with van der Waals surface area (Å²) in [6.45, 7) is 6.24. The van der Waals surface area contributed by atoms with Gasteiger partial charge in [-0.15, -0.1) is 0 Å². The van der Waals surface area contributed by atoms with Crippen molar-refractivity contribution in [2.24, 2.45) is 5.41 Å². The first kappa shape index (κ1) is 12.7. The van der Waals surface area contributed by atoms with E-state index in [9.17, 15) is 0 Å². The van der Waals surface area contributed by atoms with E-state index in [2.05, 4.69) is 48.1 Å². The number of anilines is 2. The summed E-state index contributed by atoms with van der Waals surface area (Å²) in [7, 11) is 4.14. The van der Waals surface area contributed by atoms with Crippen LogP contribution in [0, 0.1) is 5.41 Å². The highest BCUT2D eigenvalue weighted by atomic mass is 15.1. The Morgan fingerprint density at radius 2 is 2.12 bits per heavy atom. The molecular formula is C11H21N5. The van der Waals surface area contributed by atoms with Gasteiger partial charge >= 0.3 is 0 Å². The summed E-state index contributed by atoms with van der Waals surface area (Å²) in [5.74, 6) is 0.710. The van der Waals surface area contributed by atoms with Gasteiger partial charge in [0.05, 0.1) is 11.9 Å². The predicted molar refractivity (Wildman–Crippen MR) is 67.3 cm³/mol. The lowest BCUT2D eigenvalue weighted by atomic mass is 9.93. The molecule has 16 heavy (non-hydrogen) atoms. The molecule has 0 atom stereocenters. The molecule has 0 aliphatic rings. The fourth-order valence-corrected chi connectivity index (χ4v) is 1.72. The lowest BCUT2D eigenvalue weighted by molar-refractivity contribution is 0.254. The summed E-state index contributed by atoms with van der Waals surface area (Å²) < 4.78 is 0. The van der Waals surface area contributed by atoms with E-state index in [1.165, 1.54) is 6.33 Å². The monoisotopic (exact) mass is 223 g/mol. The van der Waals surface area contributed by atoms with Crippen LogP contribution in [0.3, 0.4) is 0 Å². The van der Waals surface area contributed by atoms with Crippen LogP contribution in [0.2, 0.25) is 0 Å². The van der Waals surface area contributed by atoms with Crippen LogP contribution in [-0.4, -0.2) is 42.1 Å². The van der Waals surface area contributed by atoms with E-state index >= 15 is 0 Å². The van der Waals surface area contributed by atoms with Crippen LogP contribution in [0.4, 0.5) is 11.5 Å². The molecule has 0 radical (unpaired) electrons. The van der Waals surface area contributed by atoms with Crippen LogP contribution in [-0.2, 0) is 0 Å². The van der Waals surface area contributed by atoms with E-state index in [4.69, 9.17) is 5.73 Å². The third-order valence-electron chi connectivity index (χ3n) is 2.22. The SMILES string of the molecule is CN(C)CC(C)(C)CNc1ncncc1N. The van der Waals surface area contributed by atoms with E-state index in [0.717, 1.165) is 13.1 Å². The molecule has 1 aromatic heterocycles. The average molecular weight is 223 g/mol. The Labute approximate surface area is 97.1 Å². The van der Waals surface area contributed by atoms with Gasteiger partial charge in [0.25, 0.3) is 0 Å². The first-order valence-electron chi connectivity index (χ1n) is 5.35. The topological polar surface area (TPSA) is 67.1 Å². The van der Waals surface area contributed by atoms with E-state index in [-0.39, 0.29) is 5.41 Å². The minimum atomic E-state index is 0.168. The summed E-state index contributed by atoms with van der Waals surface area (Å²) in [5.41, 5.74) is 6.51. The number of nitrogens with two attached hydrogens (primary N) is 1. The fourth-order valence-electron chi connectivity index (χ4n) is 1.72. The second-order valence-corrected chi connectivity index (χ2v) is 5.08. The van der Waals surface area contributed by atoms with Gasteiger partial charge in [0, 0.05) is 13.1 Å². The summed E-state index contributed by atoms with van der Waals surface area (Å²) in [6.07, 6.45) is 3.10. The van der Waals surface area contributed by atoms with Crippen molar-refractivity contribution in [2.45, 2.75) is 13.8 Å². The quantitative estimate of drug-likeness (QED) is 0.781. The Balaban J connectivity index is 2.54. The van der Waals surface area contributed by atoms with Gasteiger partial charge in [0.15, 0.2) is 5.82 Å². The van der Waals surface area contributed by atoms with Crippen molar-refractivity contribution in [3.8, 4) is 0 Å². The Bertz CT molecular complexity index is 335. The Morgan fingerprint density at radius 1 is 1.44 bits per heavy atom. The summed E-state index contributed by atoms with van der Waals surface area (Å²) in [6, 6.07) is 0. The largest absolute Gasteiger partial charge is 0.394 e. The van der Waals surface area contributed by atoms with Crippen LogP contribution < -0.4 is 11.1 Å². The Kier molecular flexibility index (Phi) is 4.06. The first-order valence-corrected chi connectivity index (χ1v) is 5.35. The molecule has 0 bridgehead atoms. The second kappa shape index (κ2) is 5.12. The molecule has 0 fully saturated rings.